The second kappa shape index (κ2) is 11.4. The van der Waals surface area contributed by atoms with E-state index in [9.17, 15) is 19.2 Å². The highest BCUT2D eigenvalue weighted by Crippen LogP contribution is 2.32. The maximum Gasteiger partial charge on any atom is 0.272 e. The van der Waals surface area contributed by atoms with Crippen LogP contribution in [0, 0.1) is 0 Å². The molecule has 208 valence electrons. The summed E-state index contributed by atoms with van der Waals surface area (Å²) in [5, 5.41) is 5.72. The minimum Gasteiger partial charge on any atom is -0.493 e. The molecule has 1 saturated heterocycles. The van der Waals surface area contributed by atoms with Crippen molar-refractivity contribution in [3.63, 3.8) is 0 Å². The summed E-state index contributed by atoms with van der Waals surface area (Å²) in [6.45, 7) is 0.134. The Morgan fingerprint density at radius 3 is 2.60 bits per heavy atom. The van der Waals surface area contributed by atoms with Gasteiger partial charge in [-0.1, -0.05) is 6.07 Å². The normalized spacial score (nSPS) is 18.9. The Labute approximate surface area is 228 Å². The Kier molecular flexibility index (Phi) is 7.53. The van der Waals surface area contributed by atoms with E-state index in [1.54, 1.807) is 30.3 Å². The first kappa shape index (κ1) is 26.5. The number of aromatic amines is 1. The minimum atomic E-state index is -0.666. The zero-order valence-corrected chi connectivity index (χ0v) is 21.8. The van der Waals surface area contributed by atoms with Crippen molar-refractivity contribution in [1.82, 2.24) is 25.5 Å². The molecule has 3 amide bonds. The summed E-state index contributed by atoms with van der Waals surface area (Å²) < 4.78 is 22.8. The molecule has 13 nitrogen and oxygen atoms in total. The molecule has 0 radical (unpaired) electrons. The summed E-state index contributed by atoms with van der Waals surface area (Å²) in [7, 11) is 2.94. The standard InChI is InChI=1S/C27H27N5O8/c1-37-19-6-4-16-8-22(19)39-14-25(34)29-9-15-3-5-20(21(7-15)38-2)40-23-13-32(12-18(23)31-26(16)35)27(36)17-10-28-11-24(33)30-17/h3-8,10-11,18,23H,9,12-14H2,1-2H3,(H,29,34)(H,30,33)(H,31,35)/t18-,23-/m0/s1. The number of amides is 3. The number of nitrogens with one attached hydrogen (secondary N) is 3. The summed E-state index contributed by atoms with van der Waals surface area (Å²) in [5.74, 6) is 0.0979. The van der Waals surface area contributed by atoms with Crippen LogP contribution in [0.1, 0.15) is 26.4 Å². The Balaban J connectivity index is 1.49. The number of fused-ring (bicyclic) bond motifs is 7. The van der Waals surface area contributed by atoms with E-state index >= 15 is 0 Å². The minimum absolute atomic E-state index is 0.0219. The van der Waals surface area contributed by atoms with Gasteiger partial charge in [0.15, 0.2) is 29.6 Å². The molecule has 1 fully saturated rings. The molecule has 4 bridgehead atoms. The number of likely N-dealkylation sites (tertiary alicyclic amines) is 1. The fraction of sp³-hybridized carbons (Fsp3) is 0.296. The molecular formula is C27H27N5O8. The number of methoxy groups -OCH3 is 2. The Bertz CT molecular complexity index is 1510. The van der Waals surface area contributed by atoms with E-state index < -0.39 is 29.5 Å². The molecule has 40 heavy (non-hydrogen) atoms. The van der Waals surface area contributed by atoms with Crippen LogP contribution < -0.4 is 35.1 Å². The van der Waals surface area contributed by atoms with Gasteiger partial charge in [-0.25, -0.2) is 0 Å². The lowest BCUT2D eigenvalue weighted by Gasteiger charge is -2.22. The van der Waals surface area contributed by atoms with Crippen molar-refractivity contribution < 1.29 is 33.3 Å². The zero-order chi connectivity index (χ0) is 28.2. The third-order valence-electron chi connectivity index (χ3n) is 6.53. The Morgan fingerprint density at radius 2 is 1.82 bits per heavy atom. The van der Waals surface area contributed by atoms with Gasteiger partial charge in [-0.2, -0.15) is 0 Å². The highest BCUT2D eigenvalue weighted by Gasteiger charge is 2.39. The smallest absolute Gasteiger partial charge is 0.272 e. The van der Waals surface area contributed by atoms with Gasteiger partial charge < -0.3 is 39.5 Å². The van der Waals surface area contributed by atoms with Crippen molar-refractivity contribution in [1.29, 1.82) is 0 Å². The van der Waals surface area contributed by atoms with E-state index in [0.717, 1.165) is 11.8 Å². The van der Waals surface area contributed by atoms with Gasteiger partial charge in [0.25, 0.3) is 23.3 Å². The summed E-state index contributed by atoms with van der Waals surface area (Å²) in [5.41, 5.74) is 0.528. The van der Waals surface area contributed by atoms with Crippen molar-refractivity contribution in [3.8, 4) is 23.0 Å². The van der Waals surface area contributed by atoms with Crippen LogP contribution in [0.15, 0.2) is 53.6 Å². The highest BCUT2D eigenvalue weighted by molar-refractivity contribution is 5.96. The van der Waals surface area contributed by atoms with E-state index in [1.165, 1.54) is 31.4 Å². The third kappa shape index (κ3) is 5.67. The molecule has 6 rings (SSSR count). The van der Waals surface area contributed by atoms with E-state index in [4.69, 9.17) is 18.9 Å². The van der Waals surface area contributed by atoms with Crippen LogP contribution in [0.25, 0.3) is 0 Å². The maximum atomic E-state index is 13.3. The SMILES string of the molecule is COc1ccc2cc1OCC(=O)NCc1ccc(c(OC)c1)O[C@H]1CN(C(=O)c3cncc(=O)[nH]3)C[C@@H]1NC2=O. The van der Waals surface area contributed by atoms with Crippen molar-refractivity contribution in [2.24, 2.45) is 0 Å². The second-order valence-corrected chi connectivity index (χ2v) is 9.17. The number of nitrogens with zero attached hydrogens (tertiary/aromatic N) is 2. The van der Waals surface area contributed by atoms with Gasteiger partial charge in [0.2, 0.25) is 0 Å². The lowest BCUT2D eigenvalue weighted by atomic mass is 10.1. The van der Waals surface area contributed by atoms with E-state index in [-0.39, 0.29) is 49.2 Å². The largest absolute Gasteiger partial charge is 0.493 e. The Morgan fingerprint density at radius 1 is 1.00 bits per heavy atom. The van der Waals surface area contributed by atoms with Crippen LogP contribution in [0.2, 0.25) is 0 Å². The average molecular weight is 550 g/mol. The number of carbonyl (C=O) groups excluding carboxylic acids is 3. The Hall–Kier alpha value is -5.07. The molecule has 0 spiro atoms. The molecule has 13 heteroatoms. The van der Waals surface area contributed by atoms with Crippen molar-refractivity contribution >= 4 is 17.7 Å². The van der Waals surface area contributed by atoms with Crippen LogP contribution in [0.5, 0.6) is 23.0 Å². The van der Waals surface area contributed by atoms with Crippen molar-refractivity contribution in [2.75, 3.05) is 33.9 Å². The van der Waals surface area contributed by atoms with Crippen molar-refractivity contribution in [3.05, 3.63) is 76.0 Å². The first-order chi connectivity index (χ1) is 19.3. The molecule has 2 atom stereocenters. The molecule has 0 unspecified atom stereocenters. The number of rotatable bonds is 3. The number of ether oxygens (including phenoxy) is 4. The highest BCUT2D eigenvalue weighted by atomic mass is 16.5. The van der Waals surface area contributed by atoms with Crippen LogP contribution in [0.3, 0.4) is 0 Å². The number of aromatic nitrogens is 2. The lowest BCUT2D eigenvalue weighted by Crippen LogP contribution is -2.45. The topological polar surface area (TPSA) is 161 Å². The van der Waals surface area contributed by atoms with Gasteiger partial charge in [-0.05, 0) is 35.9 Å². The van der Waals surface area contributed by atoms with Crippen LogP contribution in [-0.2, 0) is 11.3 Å². The summed E-state index contributed by atoms with van der Waals surface area (Å²) in [6.07, 6.45) is 1.68. The van der Waals surface area contributed by atoms with Crippen LogP contribution in [-0.4, -0.2) is 78.7 Å². The van der Waals surface area contributed by atoms with E-state index in [2.05, 4.69) is 20.6 Å². The van der Waals surface area contributed by atoms with Gasteiger partial charge in [0.05, 0.1) is 39.2 Å². The third-order valence-corrected chi connectivity index (χ3v) is 6.53. The number of H-pyrrole nitrogens is 1. The number of benzene rings is 2. The second-order valence-electron chi connectivity index (χ2n) is 9.17. The predicted molar refractivity (Wildman–Crippen MR) is 140 cm³/mol. The fourth-order valence-electron chi connectivity index (χ4n) is 4.51. The number of hydrogen-bond acceptors (Lipinski definition) is 9. The zero-order valence-electron chi connectivity index (χ0n) is 21.8. The molecule has 4 heterocycles. The van der Waals surface area contributed by atoms with Crippen LogP contribution in [0.4, 0.5) is 0 Å². The molecule has 2 aromatic carbocycles. The van der Waals surface area contributed by atoms with Gasteiger partial charge in [-0.3, -0.25) is 24.2 Å². The molecule has 3 aliphatic heterocycles. The molecule has 3 N–H and O–H groups in total. The molecule has 3 aliphatic rings. The number of hydrogen-bond donors (Lipinski definition) is 3. The van der Waals surface area contributed by atoms with E-state index in [0.29, 0.717) is 17.2 Å². The number of carbonyl (C=O) groups is 3. The first-order valence-corrected chi connectivity index (χ1v) is 12.4. The summed E-state index contributed by atoms with van der Waals surface area (Å²) >= 11 is 0. The first-order valence-electron chi connectivity index (χ1n) is 12.4. The molecule has 1 aromatic heterocycles. The molecule has 3 aromatic rings. The van der Waals surface area contributed by atoms with Gasteiger partial charge in [0, 0.05) is 18.7 Å². The van der Waals surface area contributed by atoms with Crippen LogP contribution >= 0.6 is 0 Å². The predicted octanol–water partition coefficient (Wildman–Crippen LogP) is 0.498. The van der Waals surface area contributed by atoms with Gasteiger partial charge in [0.1, 0.15) is 11.8 Å². The summed E-state index contributed by atoms with van der Waals surface area (Å²) in [4.78, 5) is 58.4. The van der Waals surface area contributed by atoms with Gasteiger partial charge in [-0.15, -0.1) is 0 Å². The quantitative estimate of drug-likeness (QED) is 0.422. The monoisotopic (exact) mass is 549 g/mol. The van der Waals surface area contributed by atoms with Crippen molar-refractivity contribution in [2.45, 2.75) is 18.7 Å². The average Bonchev–Trinajstić information content (AvgIpc) is 3.36. The molecular weight excluding hydrogens is 522 g/mol. The lowest BCUT2D eigenvalue weighted by molar-refractivity contribution is -0.123. The van der Waals surface area contributed by atoms with Gasteiger partial charge >= 0.3 is 0 Å². The van der Waals surface area contributed by atoms with E-state index in [1.807, 2.05) is 0 Å². The molecule has 0 saturated carbocycles. The molecule has 0 aliphatic carbocycles. The maximum absolute atomic E-state index is 13.3. The fourth-order valence-corrected chi connectivity index (χ4v) is 4.51. The summed E-state index contributed by atoms with van der Waals surface area (Å²) in [6, 6.07) is 9.18.